The van der Waals surface area contributed by atoms with E-state index in [9.17, 15) is 24.3 Å². The van der Waals surface area contributed by atoms with Crippen LogP contribution in [0, 0.1) is 5.92 Å². The second kappa shape index (κ2) is 11.5. The van der Waals surface area contributed by atoms with E-state index in [2.05, 4.69) is 0 Å². The molecule has 166 valence electrons. The van der Waals surface area contributed by atoms with Gasteiger partial charge in [0.1, 0.15) is 6.04 Å². The van der Waals surface area contributed by atoms with Crippen molar-refractivity contribution in [2.75, 3.05) is 27.2 Å². The maximum Gasteiger partial charge on any atom is 0.328 e. The number of aliphatic carboxylic acids is 1. The Morgan fingerprint density at radius 1 is 1.27 bits per heavy atom. The molecule has 2 rings (SSSR count). The molecule has 1 unspecified atom stereocenters. The van der Waals surface area contributed by atoms with E-state index in [0.717, 1.165) is 10.5 Å². The van der Waals surface area contributed by atoms with E-state index >= 15 is 0 Å². The summed E-state index contributed by atoms with van der Waals surface area (Å²) in [5.41, 5.74) is 6.72. The highest BCUT2D eigenvalue weighted by atomic mass is 35.5. The van der Waals surface area contributed by atoms with Crippen molar-refractivity contribution >= 4 is 36.2 Å². The zero-order valence-corrected chi connectivity index (χ0v) is 17.8. The van der Waals surface area contributed by atoms with Crippen LogP contribution in [0.5, 0.6) is 0 Å². The molecule has 0 spiro atoms. The number of carbonyl (C=O) groups excluding carboxylic acids is 3. The average molecular weight is 442 g/mol. The summed E-state index contributed by atoms with van der Waals surface area (Å²) in [7, 11) is 2.65. The number of nitrogens with two attached hydrogens (primary N) is 1. The van der Waals surface area contributed by atoms with Crippen molar-refractivity contribution in [2.45, 2.75) is 31.3 Å². The molecular weight excluding hydrogens is 414 g/mol. The second-order valence-corrected chi connectivity index (χ2v) is 7.12. The van der Waals surface area contributed by atoms with Crippen LogP contribution in [-0.4, -0.2) is 78.0 Å². The predicted molar refractivity (Wildman–Crippen MR) is 111 cm³/mol. The van der Waals surface area contributed by atoms with E-state index < -0.39 is 41.8 Å². The Balaban J connectivity index is 0.00000450. The largest absolute Gasteiger partial charge is 0.481 e. The first-order valence-electron chi connectivity index (χ1n) is 9.40. The number of esters is 1. The lowest BCUT2D eigenvalue weighted by Gasteiger charge is -2.28. The third-order valence-corrected chi connectivity index (χ3v) is 5.13. The number of likely N-dealkylation sites (N-methyl/N-ethyl adjacent to an activating group) is 1. The van der Waals surface area contributed by atoms with E-state index in [0.29, 0.717) is 19.4 Å². The van der Waals surface area contributed by atoms with E-state index in [1.54, 1.807) is 24.3 Å². The molecule has 30 heavy (non-hydrogen) atoms. The fourth-order valence-corrected chi connectivity index (χ4v) is 3.48. The highest BCUT2D eigenvalue weighted by Gasteiger charge is 2.37. The summed E-state index contributed by atoms with van der Waals surface area (Å²) in [6.45, 7) is 0.107. The molecule has 3 N–H and O–H groups in total. The number of nitrogens with zero attached hydrogens (tertiary/aromatic N) is 2. The fraction of sp³-hybridized carbons (Fsp3) is 0.500. The maximum absolute atomic E-state index is 12.7. The molecule has 1 fully saturated rings. The van der Waals surface area contributed by atoms with Gasteiger partial charge in [0, 0.05) is 13.6 Å². The quantitative estimate of drug-likeness (QED) is 0.555. The first kappa shape index (κ1) is 25.4. The topological polar surface area (TPSA) is 130 Å². The normalized spacial score (nSPS) is 17.4. The van der Waals surface area contributed by atoms with Crippen molar-refractivity contribution in [1.82, 2.24) is 9.80 Å². The summed E-state index contributed by atoms with van der Waals surface area (Å²) in [6, 6.07) is 6.93. The lowest BCUT2D eigenvalue weighted by atomic mass is 9.92. The number of halogens is 1. The molecule has 0 aliphatic carbocycles. The molecule has 0 saturated carbocycles. The molecule has 1 aliphatic heterocycles. The minimum absolute atomic E-state index is 0. The average Bonchev–Trinajstić information content (AvgIpc) is 3.21. The number of carbonyl (C=O) groups is 4. The third kappa shape index (κ3) is 6.17. The van der Waals surface area contributed by atoms with E-state index in [1.165, 1.54) is 19.1 Å². The Bertz CT molecular complexity index is 760. The Labute approximate surface area is 181 Å². The van der Waals surface area contributed by atoms with Crippen LogP contribution in [0.4, 0.5) is 0 Å². The molecule has 9 nitrogen and oxygen atoms in total. The number of hydrogen-bond acceptors (Lipinski definition) is 6. The fourth-order valence-electron chi connectivity index (χ4n) is 3.48. The van der Waals surface area contributed by atoms with Crippen LogP contribution in [0.25, 0.3) is 0 Å². The smallest absolute Gasteiger partial charge is 0.328 e. The van der Waals surface area contributed by atoms with Crippen molar-refractivity contribution < 1.29 is 29.0 Å². The van der Waals surface area contributed by atoms with Gasteiger partial charge in [-0.1, -0.05) is 30.3 Å². The first-order valence-corrected chi connectivity index (χ1v) is 9.40. The van der Waals surface area contributed by atoms with Crippen molar-refractivity contribution in [3.05, 3.63) is 35.9 Å². The Hall–Kier alpha value is -2.65. The number of rotatable bonds is 8. The van der Waals surface area contributed by atoms with E-state index in [4.69, 9.17) is 10.5 Å². The summed E-state index contributed by atoms with van der Waals surface area (Å²) in [5, 5.41) is 9.54. The van der Waals surface area contributed by atoms with Crippen LogP contribution in [0.2, 0.25) is 0 Å². The molecule has 1 saturated heterocycles. The molecule has 2 amide bonds. The summed E-state index contributed by atoms with van der Waals surface area (Å²) < 4.78 is 4.72. The summed E-state index contributed by atoms with van der Waals surface area (Å²) in [4.78, 5) is 51.2. The number of hydrogen-bond donors (Lipinski definition) is 2. The minimum Gasteiger partial charge on any atom is -0.481 e. The van der Waals surface area contributed by atoms with Crippen LogP contribution in [0.15, 0.2) is 30.3 Å². The van der Waals surface area contributed by atoms with Gasteiger partial charge in [0.15, 0.2) is 0 Å². The summed E-state index contributed by atoms with van der Waals surface area (Å²) >= 11 is 0. The van der Waals surface area contributed by atoms with Gasteiger partial charge in [0.2, 0.25) is 11.8 Å². The van der Waals surface area contributed by atoms with Crippen LogP contribution in [0.1, 0.15) is 18.4 Å². The SMILES string of the molecule is COC(=O)[C@@H]1CCCN1C(=O)CN(C)C(=O)[C@@H](N)C(Cc1ccccc1)C(=O)O.Cl. The zero-order valence-electron chi connectivity index (χ0n) is 17.0. The van der Waals surface area contributed by atoms with Gasteiger partial charge in [-0.05, 0) is 24.8 Å². The Kier molecular flexibility index (Phi) is 9.74. The van der Waals surface area contributed by atoms with E-state index in [1.807, 2.05) is 6.07 Å². The number of amides is 2. The van der Waals surface area contributed by atoms with Gasteiger partial charge in [-0.2, -0.15) is 0 Å². The highest BCUT2D eigenvalue weighted by Crippen LogP contribution is 2.19. The number of likely N-dealkylation sites (tertiary alicyclic amines) is 1. The van der Waals surface area contributed by atoms with Gasteiger partial charge in [0.05, 0.1) is 25.6 Å². The molecule has 10 heteroatoms. The van der Waals surface area contributed by atoms with Crippen molar-refractivity contribution in [1.29, 1.82) is 0 Å². The lowest BCUT2D eigenvalue weighted by Crippen LogP contribution is -2.52. The van der Waals surface area contributed by atoms with Gasteiger partial charge in [-0.3, -0.25) is 14.4 Å². The maximum atomic E-state index is 12.7. The minimum atomic E-state index is -1.31. The van der Waals surface area contributed by atoms with Crippen LogP contribution in [-0.2, 0) is 30.3 Å². The number of carboxylic acids is 1. The lowest BCUT2D eigenvalue weighted by molar-refractivity contribution is -0.152. The van der Waals surface area contributed by atoms with Crippen molar-refractivity contribution in [2.24, 2.45) is 11.7 Å². The monoisotopic (exact) mass is 441 g/mol. The molecule has 1 heterocycles. The standard InChI is InChI=1S/C20H27N3O6.ClH/c1-22(12-16(24)23-10-6-9-15(23)20(28)29-2)18(25)17(21)14(19(26)27)11-13-7-4-3-5-8-13;/h3-5,7-8,14-15,17H,6,9-12,21H2,1-2H3,(H,26,27);1H/t14?,15-,17-;/m0./s1. The third-order valence-electron chi connectivity index (χ3n) is 5.13. The van der Waals surface area contributed by atoms with Gasteiger partial charge in [-0.15, -0.1) is 12.4 Å². The zero-order chi connectivity index (χ0) is 21.6. The van der Waals surface area contributed by atoms with Gasteiger partial charge >= 0.3 is 11.9 Å². The molecule has 1 aromatic carbocycles. The van der Waals surface area contributed by atoms with Crippen molar-refractivity contribution in [3.63, 3.8) is 0 Å². The molecule has 0 bridgehead atoms. The second-order valence-electron chi connectivity index (χ2n) is 7.12. The number of benzene rings is 1. The van der Waals surface area contributed by atoms with Crippen LogP contribution in [0.3, 0.4) is 0 Å². The molecule has 0 aromatic heterocycles. The molecule has 3 atom stereocenters. The summed E-state index contributed by atoms with van der Waals surface area (Å²) in [5.74, 6) is -3.85. The van der Waals surface area contributed by atoms with Crippen molar-refractivity contribution in [3.8, 4) is 0 Å². The summed E-state index contributed by atoms with van der Waals surface area (Å²) in [6.07, 6.45) is 1.27. The molecule has 0 radical (unpaired) electrons. The molecular formula is C20H28ClN3O6. The van der Waals surface area contributed by atoms with Crippen LogP contribution < -0.4 is 5.73 Å². The molecule has 1 aliphatic rings. The van der Waals surface area contributed by atoms with E-state index in [-0.39, 0.29) is 25.4 Å². The van der Waals surface area contributed by atoms with Gasteiger partial charge in [0.25, 0.3) is 0 Å². The first-order chi connectivity index (χ1) is 13.8. The Morgan fingerprint density at radius 3 is 2.47 bits per heavy atom. The Morgan fingerprint density at radius 2 is 1.90 bits per heavy atom. The predicted octanol–water partition coefficient (Wildman–Crippen LogP) is 0.301. The van der Waals surface area contributed by atoms with Gasteiger partial charge < -0.3 is 25.4 Å². The molecule has 1 aromatic rings. The van der Waals surface area contributed by atoms with Crippen LogP contribution >= 0.6 is 12.4 Å². The number of methoxy groups -OCH3 is 1. The highest BCUT2D eigenvalue weighted by molar-refractivity contribution is 5.92. The number of carboxylic acid groups (broad SMARTS) is 1. The van der Waals surface area contributed by atoms with Gasteiger partial charge in [-0.25, -0.2) is 4.79 Å². The number of ether oxygens (including phenoxy) is 1.